The Bertz CT molecular complexity index is 745. The van der Waals surface area contributed by atoms with Gasteiger partial charge < -0.3 is 15.3 Å². The molecule has 1 aliphatic carbocycles. The molecule has 0 atom stereocenters. The molecule has 1 aliphatic rings. The van der Waals surface area contributed by atoms with Crippen molar-refractivity contribution < 1.29 is 15.3 Å². The van der Waals surface area contributed by atoms with E-state index in [2.05, 4.69) is 6.58 Å². The van der Waals surface area contributed by atoms with Crippen molar-refractivity contribution in [2.24, 2.45) is 0 Å². The summed E-state index contributed by atoms with van der Waals surface area (Å²) < 4.78 is 0. The average molecular weight is 282 g/mol. The van der Waals surface area contributed by atoms with Gasteiger partial charge in [-0.05, 0) is 65.3 Å². The first-order valence-electron chi connectivity index (χ1n) is 7.01. The number of hydrogen-bond donors (Lipinski definition) is 3. The maximum atomic E-state index is 10.4. The van der Waals surface area contributed by atoms with Crippen molar-refractivity contribution in [1.82, 2.24) is 0 Å². The predicted octanol–water partition coefficient (Wildman–Crippen LogP) is 3.31. The molecule has 21 heavy (non-hydrogen) atoms. The largest absolute Gasteiger partial charge is 0.508 e. The predicted molar refractivity (Wildman–Crippen MR) is 83.4 cm³/mol. The lowest BCUT2D eigenvalue weighted by molar-refractivity contribution is 0.281. The highest BCUT2D eigenvalue weighted by molar-refractivity contribution is 5.84. The van der Waals surface area contributed by atoms with E-state index in [4.69, 9.17) is 0 Å². The summed E-state index contributed by atoms with van der Waals surface area (Å²) in [6, 6.07) is 5.12. The minimum absolute atomic E-state index is 0.121. The molecular weight excluding hydrogens is 264 g/mol. The monoisotopic (exact) mass is 282 g/mol. The Morgan fingerprint density at radius 2 is 1.86 bits per heavy atom. The quantitative estimate of drug-likeness (QED) is 0.792. The van der Waals surface area contributed by atoms with Gasteiger partial charge in [0.25, 0.3) is 0 Å². The number of benzene rings is 2. The Morgan fingerprint density at radius 3 is 2.52 bits per heavy atom. The van der Waals surface area contributed by atoms with Crippen molar-refractivity contribution in [2.45, 2.75) is 26.4 Å². The van der Waals surface area contributed by atoms with Crippen LogP contribution in [0.15, 0.2) is 24.8 Å². The molecule has 0 saturated carbocycles. The molecule has 0 radical (unpaired) electrons. The summed E-state index contributed by atoms with van der Waals surface area (Å²) in [6.07, 6.45) is 3.30. The highest BCUT2D eigenvalue weighted by Crippen LogP contribution is 2.44. The van der Waals surface area contributed by atoms with E-state index in [0.29, 0.717) is 5.56 Å². The minimum Gasteiger partial charge on any atom is -0.508 e. The first kappa shape index (κ1) is 13.7. The maximum Gasteiger partial charge on any atom is 0.124 e. The third-order valence-corrected chi connectivity index (χ3v) is 4.38. The summed E-state index contributed by atoms with van der Waals surface area (Å²) in [6.45, 7) is 5.61. The second-order valence-corrected chi connectivity index (χ2v) is 5.42. The molecule has 0 aromatic heterocycles. The van der Waals surface area contributed by atoms with Gasteiger partial charge in [0.2, 0.25) is 0 Å². The molecule has 2 aromatic carbocycles. The Balaban J connectivity index is 2.36. The van der Waals surface area contributed by atoms with Crippen LogP contribution in [-0.2, 0) is 19.4 Å². The standard InChI is InChI=1S/C18H18O3/c1-3-12-11(9-19)8-17(21)18-14(12)5-4-13-10(2)16(20)7-6-15(13)18/h3,6-8,19-21H,1,4-5,9H2,2H3. The van der Waals surface area contributed by atoms with Crippen LogP contribution in [0.5, 0.6) is 11.5 Å². The molecule has 0 aliphatic heterocycles. The fourth-order valence-corrected chi connectivity index (χ4v) is 3.29. The number of phenolic OH excluding ortho intramolecular Hbond substituents is 2. The van der Waals surface area contributed by atoms with Crippen LogP contribution in [0, 0.1) is 6.92 Å². The molecule has 0 unspecified atom stereocenters. The lowest BCUT2D eigenvalue weighted by atomic mass is 9.79. The lowest BCUT2D eigenvalue weighted by Crippen LogP contribution is -2.09. The van der Waals surface area contributed by atoms with E-state index >= 15 is 0 Å². The second-order valence-electron chi connectivity index (χ2n) is 5.42. The van der Waals surface area contributed by atoms with Crippen LogP contribution in [0.2, 0.25) is 0 Å². The summed E-state index contributed by atoms with van der Waals surface area (Å²) in [4.78, 5) is 0. The minimum atomic E-state index is -0.121. The molecule has 0 saturated heterocycles. The number of phenols is 2. The molecule has 3 N–H and O–H groups in total. The van der Waals surface area contributed by atoms with Crippen LogP contribution in [0.4, 0.5) is 0 Å². The average Bonchev–Trinajstić information content (AvgIpc) is 2.50. The highest BCUT2D eigenvalue weighted by Gasteiger charge is 2.25. The lowest BCUT2D eigenvalue weighted by Gasteiger charge is -2.26. The number of rotatable bonds is 2. The molecule has 3 nitrogen and oxygen atoms in total. The number of aliphatic hydroxyl groups is 1. The smallest absolute Gasteiger partial charge is 0.124 e. The van der Waals surface area contributed by atoms with E-state index < -0.39 is 0 Å². The van der Waals surface area contributed by atoms with Gasteiger partial charge in [-0.1, -0.05) is 18.7 Å². The normalized spacial score (nSPS) is 12.7. The first-order valence-corrected chi connectivity index (χ1v) is 7.01. The van der Waals surface area contributed by atoms with Crippen molar-refractivity contribution in [3.05, 3.63) is 52.6 Å². The number of aromatic hydroxyl groups is 2. The highest BCUT2D eigenvalue weighted by atomic mass is 16.3. The van der Waals surface area contributed by atoms with Crippen molar-refractivity contribution in [3.8, 4) is 22.6 Å². The van der Waals surface area contributed by atoms with E-state index in [1.165, 1.54) is 0 Å². The van der Waals surface area contributed by atoms with Crippen LogP contribution in [0.3, 0.4) is 0 Å². The summed E-state index contributed by atoms with van der Waals surface area (Å²) in [5.41, 5.74) is 6.31. The maximum absolute atomic E-state index is 10.4. The van der Waals surface area contributed by atoms with E-state index in [9.17, 15) is 15.3 Å². The number of hydrogen-bond acceptors (Lipinski definition) is 3. The Labute approximate surface area is 123 Å². The molecule has 0 amide bonds. The van der Waals surface area contributed by atoms with Crippen molar-refractivity contribution in [1.29, 1.82) is 0 Å². The van der Waals surface area contributed by atoms with Crippen LogP contribution in [0.1, 0.15) is 27.8 Å². The van der Waals surface area contributed by atoms with Gasteiger partial charge in [0.05, 0.1) is 6.61 Å². The summed E-state index contributed by atoms with van der Waals surface area (Å²) in [7, 11) is 0. The van der Waals surface area contributed by atoms with E-state index in [0.717, 1.165) is 46.2 Å². The van der Waals surface area contributed by atoms with Gasteiger partial charge in [0.15, 0.2) is 0 Å². The first-order chi connectivity index (χ1) is 10.1. The van der Waals surface area contributed by atoms with Gasteiger partial charge >= 0.3 is 0 Å². The van der Waals surface area contributed by atoms with Crippen molar-refractivity contribution in [3.63, 3.8) is 0 Å². The molecule has 0 heterocycles. The van der Waals surface area contributed by atoms with Gasteiger partial charge in [0, 0.05) is 5.56 Å². The summed E-state index contributed by atoms with van der Waals surface area (Å²) in [5, 5.41) is 29.7. The zero-order valence-corrected chi connectivity index (χ0v) is 12.0. The second kappa shape index (κ2) is 4.93. The van der Waals surface area contributed by atoms with Gasteiger partial charge in [-0.15, -0.1) is 0 Å². The SMILES string of the molecule is C=Cc1c(CO)cc(O)c2c1CCc1c-2ccc(O)c1C. The van der Waals surface area contributed by atoms with Gasteiger partial charge in [-0.25, -0.2) is 0 Å². The van der Waals surface area contributed by atoms with Crippen LogP contribution in [-0.4, -0.2) is 15.3 Å². The van der Waals surface area contributed by atoms with Gasteiger partial charge in [0.1, 0.15) is 11.5 Å². The van der Waals surface area contributed by atoms with Crippen LogP contribution < -0.4 is 0 Å². The molecule has 3 heteroatoms. The van der Waals surface area contributed by atoms with Gasteiger partial charge in [-0.3, -0.25) is 0 Å². The molecule has 0 bridgehead atoms. The fraction of sp³-hybridized carbons (Fsp3) is 0.222. The summed E-state index contributed by atoms with van der Waals surface area (Å²) >= 11 is 0. The molecule has 108 valence electrons. The molecule has 0 fully saturated rings. The third kappa shape index (κ3) is 1.93. The van der Waals surface area contributed by atoms with E-state index in [1.807, 2.05) is 13.0 Å². The summed E-state index contributed by atoms with van der Waals surface area (Å²) in [5.74, 6) is 0.457. The molecule has 3 rings (SSSR count). The van der Waals surface area contributed by atoms with Crippen LogP contribution >= 0.6 is 0 Å². The Kier molecular flexibility index (Phi) is 3.22. The molecule has 0 spiro atoms. The molecule has 2 aromatic rings. The number of fused-ring (bicyclic) bond motifs is 3. The van der Waals surface area contributed by atoms with Gasteiger partial charge in [-0.2, -0.15) is 0 Å². The Morgan fingerprint density at radius 1 is 1.14 bits per heavy atom. The van der Waals surface area contributed by atoms with Crippen molar-refractivity contribution >= 4 is 6.08 Å². The fourth-order valence-electron chi connectivity index (χ4n) is 3.29. The topological polar surface area (TPSA) is 60.7 Å². The van der Waals surface area contributed by atoms with Crippen molar-refractivity contribution in [2.75, 3.05) is 0 Å². The van der Waals surface area contributed by atoms with Crippen LogP contribution in [0.25, 0.3) is 17.2 Å². The third-order valence-electron chi connectivity index (χ3n) is 4.38. The van der Waals surface area contributed by atoms with E-state index in [-0.39, 0.29) is 18.1 Å². The zero-order valence-electron chi connectivity index (χ0n) is 12.0. The zero-order chi connectivity index (χ0) is 15.1. The van der Waals surface area contributed by atoms with E-state index in [1.54, 1.807) is 18.2 Å². The Hall–Kier alpha value is -2.26. The molecular formula is C18H18O3. The number of aliphatic hydroxyl groups excluding tert-OH is 1.